The van der Waals surface area contributed by atoms with Crippen LogP contribution < -0.4 is 4.40 Å². The summed E-state index contributed by atoms with van der Waals surface area (Å²) in [6.45, 7) is 2.13. The number of pyridine rings is 1. The van der Waals surface area contributed by atoms with Crippen molar-refractivity contribution >= 4 is 23.6 Å². The van der Waals surface area contributed by atoms with Gasteiger partial charge in [-0.25, -0.2) is 0 Å². The normalized spacial score (nSPS) is 11.3. The van der Waals surface area contributed by atoms with Crippen molar-refractivity contribution in [3.05, 3.63) is 71.9 Å². The summed E-state index contributed by atoms with van der Waals surface area (Å²) in [5.41, 5.74) is 4.92. The van der Waals surface area contributed by atoms with E-state index in [-0.39, 0.29) is 0 Å². The van der Waals surface area contributed by atoms with E-state index in [1.54, 1.807) is 6.07 Å². The predicted molar refractivity (Wildman–Crippen MR) is 111 cm³/mol. The van der Waals surface area contributed by atoms with Gasteiger partial charge in [-0.2, -0.15) is 0 Å². The average molecular weight is 422 g/mol. The molecule has 0 saturated heterocycles. The summed E-state index contributed by atoms with van der Waals surface area (Å²) >= 11 is -1.96. The molecule has 0 aliphatic carbocycles. The Morgan fingerprint density at radius 2 is 1.70 bits per heavy atom. The van der Waals surface area contributed by atoms with E-state index >= 15 is 0 Å². The average Bonchev–Trinajstić information content (AvgIpc) is 2.66. The summed E-state index contributed by atoms with van der Waals surface area (Å²) in [5, 5.41) is 8.83. The number of hydrogen-bond donors (Lipinski definition) is 1. The number of aromatic nitrogens is 1. The zero-order valence-electron chi connectivity index (χ0n) is 16.0. The molecule has 0 amide bonds. The second-order valence-corrected chi connectivity index (χ2v) is 18.2. The van der Waals surface area contributed by atoms with Gasteiger partial charge in [0.2, 0.25) is 0 Å². The first-order valence-electron chi connectivity index (χ1n) is 8.84. The number of benzene rings is 2. The number of rotatable bonds is 4. The van der Waals surface area contributed by atoms with Gasteiger partial charge >= 0.3 is 162 Å². The molecular formula is C22H23GeNO3. The Balaban J connectivity index is 2.13. The molecule has 0 spiro atoms. The number of aryl methyl sites for hydroxylation is 1. The van der Waals surface area contributed by atoms with Crippen LogP contribution in [-0.4, -0.2) is 29.5 Å². The van der Waals surface area contributed by atoms with Crippen molar-refractivity contribution < 1.29 is 14.9 Å². The second kappa shape index (κ2) is 7.66. The molecule has 3 aromatic rings. The SMILES string of the molecule is Cc1cc(-c2ccc(C(=O)OO)c(-c3ccccc3)c2)nc[c]1[Ge]([CH3])([CH3])[CH3]. The van der Waals surface area contributed by atoms with Crippen molar-refractivity contribution in [1.82, 2.24) is 4.98 Å². The van der Waals surface area contributed by atoms with E-state index in [9.17, 15) is 4.79 Å². The van der Waals surface area contributed by atoms with E-state index in [1.165, 1.54) is 9.96 Å². The Hall–Kier alpha value is -2.44. The number of carbonyl (C=O) groups excluding carboxylic acids is 1. The number of hydrogen-bond acceptors (Lipinski definition) is 4. The van der Waals surface area contributed by atoms with Gasteiger partial charge in [-0.15, -0.1) is 0 Å². The maximum atomic E-state index is 12.0. The molecule has 5 heteroatoms. The molecule has 0 aliphatic rings. The van der Waals surface area contributed by atoms with E-state index in [0.717, 1.165) is 16.8 Å². The molecule has 0 fully saturated rings. The fourth-order valence-corrected chi connectivity index (χ4v) is 6.87. The van der Waals surface area contributed by atoms with Crippen molar-refractivity contribution in [1.29, 1.82) is 0 Å². The van der Waals surface area contributed by atoms with Crippen molar-refractivity contribution in [3.63, 3.8) is 0 Å². The maximum absolute atomic E-state index is 12.0. The van der Waals surface area contributed by atoms with Crippen LogP contribution in [0.4, 0.5) is 0 Å². The molecule has 27 heavy (non-hydrogen) atoms. The first-order valence-corrected chi connectivity index (χ1v) is 16.2. The molecule has 0 bridgehead atoms. The molecule has 0 unspecified atom stereocenters. The van der Waals surface area contributed by atoms with Crippen molar-refractivity contribution in [2.75, 3.05) is 0 Å². The van der Waals surface area contributed by atoms with Gasteiger partial charge < -0.3 is 0 Å². The van der Waals surface area contributed by atoms with E-state index in [4.69, 9.17) is 5.26 Å². The third kappa shape index (κ3) is 4.12. The Morgan fingerprint density at radius 3 is 2.30 bits per heavy atom. The summed E-state index contributed by atoms with van der Waals surface area (Å²) in [5.74, 6) is 6.28. The zero-order chi connectivity index (χ0) is 19.6. The fourth-order valence-electron chi connectivity index (χ4n) is 3.29. The molecular weight excluding hydrogens is 399 g/mol. The molecule has 1 aromatic heterocycles. The third-order valence-electron chi connectivity index (χ3n) is 4.62. The quantitative estimate of drug-likeness (QED) is 0.369. The molecule has 0 aliphatic heterocycles. The molecule has 0 radical (unpaired) electrons. The summed E-state index contributed by atoms with van der Waals surface area (Å²) in [6, 6.07) is 17.1. The summed E-state index contributed by atoms with van der Waals surface area (Å²) < 4.78 is 1.39. The topological polar surface area (TPSA) is 59.4 Å². The van der Waals surface area contributed by atoms with Crippen LogP contribution in [0.5, 0.6) is 0 Å². The summed E-state index contributed by atoms with van der Waals surface area (Å²) in [7, 11) is 0. The standard InChI is InChI=1S/C22H23GeNO3/c1-15-12-21(24-14-20(15)23(2,3)4)17-10-11-18(22(25)27-26)19(13-17)16-8-6-5-7-9-16/h5-14,26H,1-4H3. The van der Waals surface area contributed by atoms with Gasteiger partial charge in [0.05, 0.1) is 0 Å². The van der Waals surface area contributed by atoms with Crippen LogP contribution in [0.3, 0.4) is 0 Å². The zero-order valence-corrected chi connectivity index (χ0v) is 18.1. The Bertz CT molecular complexity index is 979. The molecule has 0 saturated carbocycles. The van der Waals surface area contributed by atoms with Gasteiger partial charge in [0, 0.05) is 0 Å². The van der Waals surface area contributed by atoms with Crippen LogP contribution in [0.15, 0.2) is 60.8 Å². The molecule has 4 nitrogen and oxygen atoms in total. The van der Waals surface area contributed by atoms with Crippen LogP contribution in [-0.2, 0) is 4.89 Å². The Labute approximate surface area is 162 Å². The Morgan fingerprint density at radius 1 is 1.00 bits per heavy atom. The predicted octanol–water partition coefficient (Wildman–Crippen LogP) is 4.90. The van der Waals surface area contributed by atoms with Gasteiger partial charge in [-0.1, -0.05) is 0 Å². The first kappa shape index (κ1) is 19.3. The third-order valence-corrected chi connectivity index (χ3v) is 9.11. The van der Waals surface area contributed by atoms with Gasteiger partial charge in [0.15, 0.2) is 0 Å². The van der Waals surface area contributed by atoms with Crippen LogP contribution in [0.25, 0.3) is 22.4 Å². The number of nitrogens with zero attached hydrogens (tertiary/aromatic N) is 1. The van der Waals surface area contributed by atoms with Gasteiger partial charge in [-0.05, 0) is 0 Å². The molecule has 1 heterocycles. The molecule has 2 aromatic carbocycles. The second-order valence-electron chi connectivity index (χ2n) is 7.64. The molecule has 3 rings (SSSR count). The molecule has 138 valence electrons. The minimum atomic E-state index is -1.96. The van der Waals surface area contributed by atoms with E-state index in [2.05, 4.69) is 40.1 Å². The Kier molecular flexibility index (Phi) is 5.49. The van der Waals surface area contributed by atoms with Crippen molar-refractivity contribution in [2.24, 2.45) is 0 Å². The van der Waals surface area contributed by atoms with Crippen LogP contribution in [0.1, 0.15) is 15.9 Å². The molecule has 1 N–H and O–H groups in total. The van der Waals surface area contributed by atoms with Gasteiger partial charge in [-0.3, -0.25) is 0 Å². The first-order chi connectivity index (χ1) is 12.8. The van der Waals surface area contributed by atoms with Crippen molar-refractivity contribution in [3.8, 4) is 22.4 Å². The molecule has 0 atom stereocenters. The van der Waals surface area contributed by atoms with Gasteiger partial charge in [0.1, 0.15) is 0 Å². The van der Waals surface area contributed by atoms with E-state index < -0.39 is 19.2 Å². The van der Waals surface area contributed by atoms with Gasteiger partial charge in [0.25, 0.3) is 0 Å². The summed E-state index contributed by atoms with van der Waals surface area (Å²) in [6.07, 6.45) is 2.00. The van der Waals surface area contributed by atoms with E-state index in [1.807, 2.05) is 48.7 Å². The number of carbonyl (C=O) groups is 1. The van der Waals surface area contributed by atoms with E-state index in [0.29, 0.717) is 11.1 Å². The van der Waals surface area contributed by atoms with Crippen molar-refractivity contribution in [2.45, 2.75) is 24.2 Å². The van der Waals surface area contributed by atoms with Crippen LogP contribution in [0.2, 0.25) is 17.3 Å². The monoisotopic (exact) mass is 423 g/mol. The van der Waals surface area contributed by atoms with Crippen LogP contribution in [0, 0.1) is 6.92 Å². The summed E-state index contributed by atoms with van der Waals surface area (Å²) in [4.78, 5) is 20.6. The minimum absolute atomic E-state index is 0.311. The fraction of sp³-hybridized carbons (Fsp3) is 0.182. The van der Waals surface area contributed by atoms with Crippen LogP contribution >= 0.6 is 0 Å².